The van der Waals surface area contributed by atoms with Gasteiger partial charge in [0.2, 0.25) is 5.95 Å². The Bertz CT molecular complexity index is 300. The summed E-state index contributed by atoms with van der Waals surface area (Å²) < 4.78 is 7.00. The third kappa shape index (κ3) is 1.70. The summed E-state index contributed by atoms with van der Waals surface area (Å²) in [4.78, 5) is 0. The van der Waals surface area contributed by atoms with Crippen LogP contribution < -0.4 is 5.32 Å². The highest BCUT2D eigenvalue weighted by Gasteiger charge is 2.27. The first-order valence-corrected chi connectivity index (χ1v) is 4.83. The van der Waals surface area contributed by atoms with Crippen molar-refractivity contribution in [2.75, 3.05) is 12.4 Å². The second kappa shape index (κ2) is 3.91. The first-order chi connectivity index (χ1) is 6.81. The maximum atomic E-state index is 5.37. The van der Waals surface area contributed by atoms with Crippen LogP contribution >= 0.6 is 0 Å². The van der Waals surface area contributed by atoms with Gasteiger partial charge in [-0.15, -0.1) is 0 Å². The van der Waals surface area contributed by atoms with E-state index in [0.717, 1.165) is 12.8 Å². The number of nitrogens with one attached hydrogen (secondary N) is 1. The number of hydrogen-bond donors (Lipinski definition) is 1. The van der Waals surface area contributed by atoms with Crippen molar-refractivity contribution >= 4 is 5.95 Å². The number of aryl methyl sites for hydroxylation is 1. The lowest BCUT2D eigenvalue weighted by atomic mass is 10.2. The van der Waals surface area contributed by atoms with E-state index < -0.39 is 0 Å². The van der Waals surface area contributed by atoms with Gasteiger partial charge in [-0.1, -0.05) is 5.10 Å². The Morgan fingerprint density at radius 3 is 3.00 bits per heavy atom. The van der Waals surface area contributed by atoms with E-state index in [-0.39, 0.29) is 6.10 Å². The van der Waals surface area contributed by atoms with Crippen molar-refractivity contribution in [1.29, 1.82) is 0 Å². The van der Waals surface area contributed by atoms with Crippen LogP contribution in [-0.4, -0.2) is 39.5 Å². The van der Waals surface area contributed by atoms with E-state index >= 15 is 0 Å². The van der Waals surface area contributed by atoms with Crippen LogP contribution in [0.4, 0.5) is 5.95 Å². The molecule has 0 radical (unpaired) electrons. The van der Waals surface area contributed by atoms with Crippen molar-refractivity contribution in [2.24, 2.45) is 7.05 Å². The van der Waals surface area contributed by atoms with E-state index in [1.807, 2.05) is 7.05 Å². The van der Waals surface area contributed by atoms with E-state index in [0.29, 0.717) is 12.0 Å². The zero-order chi connectivity index (χ0) is 9.97. The van der Waals surface area contributed by atoms with Crippen LogP contribution in [0.15, 0.2) is 0 Å². The molecule has 78 valence electrons. The van der Waals surface area contributed by atoms with Gasteiger partial charge in [-0.2, -0.15) is 0 Å². The minimum absolute atomic E-state index is 0.284. The summed E-state index contributed by atoms with van der Waals surface area (Å²) in [5.41, 5.74) is 0. The number of aromatic nitrogens is 4. The van der Waals surface area contributed by atoms with Gasteiger partial charge in [-0.05, 0) is 29.7 Å². The molecule has 0 aliphatic heterocycles. The molecule has 2 atom stereocenters. The van der Waals surface area contributed by atoms with Crippen LogP contribution in [0.3, 0.4) is 0 Å². The molecule has 0 unspecified atom stereocenters. The molecular weight excluding hydrogens is 182 g/mol. The summed E-state index contributed by atoms with van der Waals surface area (Å²) in [6.07, 6.45) is 3.71. The molecule has 1 aliphatic carbocycles. The maximum absolute atomic E-state index is 5.37. The summed E-state index contributed by atoms with van der Waals surface area (Å²) in [6.45, 7) is 0. The minimum atomic E-state index is 0.284. The van der Waals surface area contributed by atoms with Gasteiger partial charge in [0, 0.05) is 14.2 Å². The highest BCUT2D eigenvalue weighted by atomic mass is 16.5. The Morgan fingerprint density at radius 2 is 2.36 bits per heavy atom. The summed E-state index contributed by atoms with van der Waals surface area (Å²) in [5, 5.41) is 14.5. The second-order valence-electron chi connectivity index (χ2n) is 3.58. The zero-order valence-corrected chi connectivity index (χ0v) is 8.47. The van der Waals surface area contributed by atoms with Crippen molar-refractivity contribution in [3.63, 3.8) is 0 Å². The highest BCUT2D eigenvalue weighted by Crippen LogP contribution is 2.23. The van der Waals surface area contributed by atoms with Crippen LogP contribution in [0.1, 0.15) is 19.3 Å². The molecule has 2 rings (SSSR count). The molecule has 6 heteroatoms. The standard InChI is InChI=1S/C8H15N5O/c1-13-8(10-11-12-13)9-6-4-3-5-7(6)14-2/h6-7H,3-5H2,1-2H3,(H,9,10,12)/t6-,7-/m0/s1. The SMILES string of the molecule is CO[C@H]1CCC[C@@H]1Nc1nnnn1C. The van der Waals surface area contributed by atoms with E-state index in [4.69, 9.17) is 4.74 Å². The largest absolute Gasteiger partial charge is 0.379 e. The fourth-order valence-electron chi connectivity index (χ4n) is 1.89. The summed E-state index contributed by atoms with van der Waals surface area (Å²) in [6, 6.07) is 0.338. The number of methoxy groups -OCH3 is 1. The fourth-order valence-corrected chi connectivity index (χ4v) is 1.89. The van der Waals surface area contributed by atoms with Crippen LogP contribution in [-0.2, 0) is 11.8 Å². The van der Waals surface area contributed by atoms with Gasteiger partial charge in [0.25, 0.3) is 0 Å². The van der Waals surface area contributed by atoms with Gasteiger partial charge < -0.3 is 10.1 Å². The first kappa shape index (κ1) is 9.39. The predicted octanol–water partition coefficient (Wildman–Crippen LogP) is 0.189. The molecule has 6 nitrogen and oxygen atoms in total. The topological polar surface area (TPSA) is 64.9 Å². The molecule has 0 saturated heterocycles. The van der Waals surface area contributed by atoms with E-state index in [9.17, 15) is 0 Å². The predicted molar refractivity (Wildman–Crippen MR) is 50.9 cm³/mol. The number of ether oxygens (including phenoxy) is 1. The molecule has 0 aromatic carbocycles. The molecule has 1 saturated carbocycles. The molecular formula is C8H15N5O. The van der Waals surface area contributed by atoms with Gasteiger partial charge >= 0.3 is 0 Å². The van der Waals surface area contributed by atoms with Crippen molar-refractivity contribution in [3.8, 4) is 0 Å². The summed E-state index contributed by atoms with van der Waals surface area (Å²) in [5.74, 6) is 0.707. The number of anilines is 1. The van der Waals surface area contributed by atoms with Crippen LogP contribution in [0, 0.1) is 0 Å². The van der Waals surface area contributed by atoms with Crippen molar-refractivity contribution in [3.05, 3.63) is 0 Å². The van der Waals surface area contributed by atoms with E-state index in [1.165, 1.54) is 6.42 Å². The highest BCUT2D eigenvalue weighted by molar-refractivity contribution is 5.24. The lowest BCUT2D eigenvalue weighted by molar-refractivity contribution is 0.101. The Balaban J connectivity index is 2.00. The third-order valence-electron chi connectivity index (χ3n) is 2.69. The lowest BCUT2D eigenvalue weighted by Gasteiger charge is -2.19. The minimum Gasteiger partial charge on any atom is -0.379 e. The number of rotatable bonds is 3. The molecule has 1 N–H and O–H groups in total. The van der Waals surface area contributed by atoms with Gasteiger partial charge in [-0.25, -0.2) is 4.68 Å². The van der Waals surface area contributed by atoms with Crippen LogP contribution in [0.5, 0.6) is 0 Å². The molecule has 0 bridgehead atoms. The molecule has 0 amide bonds. The van der Waals surface area contributed by atoms with Gasteiger partial charge in [0.05, 0.1) is 12.1 Å². The van der Waals surface area contributed by atoms with Crippen molar-refractivity contribution < 1.29 is 4.74 Å². The van der Waals surface area contributed by atoms with Gasteiger partial charge in [0.15, 0.2) is 0 Å². The lowest BCUT2D eigenvalue weighted by Crippen LogP contribution is -2.30. The second-order valence-corrected chi connectivity index (χ2v) is 3.58. The Morgan fingerprint density at radius 1 is 1.50 bits per heavy atom. The van der Waals surface area contributed by atoms with Gasteiger partial charge in [0.1, 0.15) is 0 Å². The fraction of sp³-hybridized carbons (Fsp3) is 0.875. The van der Waals surface area contributed by atoms with Crippen molar-refractivity contribution in [2.45, 2.75) is 31.4 Å². The number of tetrazole rings is 1. The van der Waals surface area contributed by atoms with Gasteiger partial charge in [-0.3, -0.25) is 0 Å². The Hall–Kier alpha value is -1.17. The quantitative estimate of drug-likeness (QED) is 0.749. The Labute approximate surface area is 82.6 Å². The molecule has 1 heterocycles. The van der Waals surface area contributed by atoms with Crippen LogP contribution in [0.2, 0.25) is 0 Å². The normalized spacial score (nSPS) is 26.7. The van der Waals surface area contributed by atoms with Crippen molar-refractivity contribution in [1.82, 2.24) is 20.2 Å². The molecule has 1 aliphatic rings. The summed E-state index contributed by atoms with van der Waals surface area (Å²) >= 11 is 0. The molecule has 0 spiro atoms. The first-order valence-electron chi connectivity index (χ1n) is 4.83. The van der Waals surface area contributed by atoms with E-state index in [1.54, 1.807) is 11.8 Å². The van der Waals surface area contributed by atoms with E-state index in [2.05, 4.69) is 20.8 Å². The maximum Gasteiger partial charge on any atom is 0.242 e. The third-order valence-corrected chi connectivity index (χ3v) is 2.69. The molecule has 1 aromatic rings. The molecule has 14 heavy (non-hydrogen) atoms. The Kier molecular flexibility index (Phi) is 2.62. The smallest absolute Gasteiger partial charge is 0.242 e. The average molecular weight is 197 g/mol. The number of hydrogen-bond acceptors (Lipinski definition) is 5. The average Bonchev–Trinajstić information content (AvgIpc) is 2.77. The van der Waals surface area contributed by atoms with Crippen LogP contribution in [0.25, 0.3) is 0 Å². The molecule has 1 fully saturated rings. The monoisotopic (exact) mass is 197 g/mol. The summed E-state index contributed by atoms with van der Waals surface area (Å²) in [7, 11) is 3.57. The molecule has 1 aromatic heterocycles. The zero-order valence-electron chi connectivity index (χ0n) is 8.47. The number of nitrogens with zero attached hydrogens (tertiary/aromatic N) is 4.